The van der Waals surface area contributed by atoms with Crippen molar-refractivity contribution in [3.63, 3.8) is 0 Å². The molecule has 0 aliphatic heterocycles. The average molecular weight is 307 g/mol. The van der Waals surface area contributed by atoms with Gasteiger partial charge in [-0.1, -0.05) is 11.6 Å². The van der Waals surface area contributed by atoms with Crippen LogP contribution in [0.4, 0.5) is 11.4 Å². The van der Waals surface area contributed by atoms with Crippen LogP contribution in [-0.2, 0) is 4.79 Å². The third kappa shape index (κ3) is 4.79. The molecular weight excluding hydrogens is 292 g/mol. The molecule has 0 aromatic heterocycles. The molecule has 2 aromatic rings. The number of anilines is 2. The number of carbonyl (C=O) groups is 1. The quantitative estimate of drug-likeness (QED) is 0.647. The Kier molecular flexibility index (Phi) is 5.32. The second kappa shape index (κ2) is 7.22. The lowest BCUT2D eigenvalue weighted by molar-refractivity contribution is -0.115. The van der Waals surface area contributed by atoms with E-state index in [-0.39, 0.29) is 5.91 Å². The van der Waals surface area contributed by atoms with Gasteiger partial charge >= 0.3 is 0 Å². The van der Waals surface area contributed by atoms with Crippen molar-refractivity contribution >= 4 is 40.6 Å². The Morgan fingerprint density at radius 1 is 1.10 bits per heavy atom. The Hall–Kier alpha value is -1.65. The summed E-state index contributed by atoms with van der Waals surface area (Å²) in [6, 6.07) is 14.7. The van der Waals surface area contributed by atoms with Crippen LogP contribution in [0, 0.1) is 0 Å². The highest BCUT2D eigenvalue weighted by Gasteiger charge is 2.03. The van der Waals surface area contributed by atoms with E-state index in [2.05, 4.69) is 5.32 Å². The average Bonchev–Trinajstić information content (AvgIpc) is 2.44. The highest BCUT2D eigenvalue weighted by Crippen LogP contribution is 2.21. The molecule has 2 aromatic carbocycles. The number of nitrogens with one attached hydrogen (secondary N) is 1. The van der Waals surface area contributed by atoms with Gasteiger partial charge < -0.3 is 11.1 Å². The lowest BCUT2D eigenvalue weighted by atomic mass is 10.3. The number of halogens is 1. The molecule has 0 atom stereocenters. The molecule has 0 heterocycles. The molecule has 0 spiro atoms. The van der Waals surface area contributed by atoms with Crippen LogP contribution in [-0.4, -0.2) is 11.7 Å². The van der Waals surface area contributed by atoms with Crippen molar-refractivity contribution in [2.75, 3.05) is 16.8 Å². The molecule has 0 bridgehead atoms. The molecule has 0 radical (unpaired) electrons. The summed E-state index contributed by atoms with van der Waals surface area (Å²) in [5, 5.41) is 3.55. The maximum atomic E-state index is 11.8. The summed E-state index contributed by atoms with van der Waals surface area (Å²) in [5.41, 5.74) is 7.03. The van der Waals surface area contributed by atoms with E-state index in [1.165, 1.54) is 0 Å². The van der Waals surface area contributed by atoms with Crippen LogP contribution >= 0.6 is 23.4 Å². The maximum Gasteiger partial charge on any atom is 0.225 e. The lowest BCUT2D eigenvalue weighted by Crippen LogP contribution is -2.12. The molecule has 5 heteroatoms. The van der Waals surface area contributed by atoms with Crippen molar-refractivity contribution in [3.05, 3.63) is 53.6 Å². The molecule has 104 valence electrons. The fourth-order valence-electron chi connectivity index (χ4n) is 1.58. The third-order valence-electron chi connectivity index (χ3n) is 2.61. The first-order valence-corrected chi connectivity index (χ1v) is 7.53. The van der Waals surface area contributed by atoms with Gasteiger partial charge in [0.25, 0.3) is 0 Å². The van der Waals surface area contributed by atoms with E-state index in [1.807, 2.05) is 24.3 Å². The van der Waals surface area contributed by atoms with Gasteiger partial charge in [-0.25, -0.2) is 0 Å². The van der Waals surface area contributed by atoms with Gasteiger partial charge in [0.2, 0.25) is 5.91 Å². The Balaban J connectivity index is 1.75. The van der Waals surface area contributed by atoms with E-state index >= 15 is 0 Å². The van der Waals surface area contributed by atoms with E-state index in [1.54, 1.807) is 36.0 Å². The van der Waals surface area contributed by atoms with Gasteiger partial charge in [0, 0.05) is 33.5 Å². The molecule has 3 N–H and O–H groups in total. The van der Waals surface area contributed by atoms with E-state index in [9.17, 15) is 4.79 Å². The zero-order chi connectivity index (χ0) is 14.4. The van der Waals surface area contributed by atoms with Crippen LogP contribution in [0.15, 0.2) is 53.4 Å². The topological polar surface area (TPSA) is 55.1 Å². The minimum atomic E-state index is -0.00349. The molecule has 0 saturated heterocycles. The first kappa shape index (κ1) is 14.8. The summed E-state index contributed by atoms with van der Waals surface area (Å²) in [4.78, 5) is 12.9. The largest absolute Gasteiger partial charge is 0.399 e. The van der Waals surface area contributed by atoms with Crippen LogP contribution in [0.25, 0.3) is 0 Å². The minimum Gasteiger partial charge on any atom is -0.399 e. The number of thioether (sulfide) groups is 1. The van der Waals surface area contributed by atoms with Crippen molar-refractivity contribution in [2.24, 2.45) is 0 Å². The molecule has 3 nitrogen and oxygen atoms in total. The summed E-state index contributed by atoms with van der Waals surface area (Å²) in [6.45, 7) is 0. The fraction of sp³-hybridized carbons (Fsp3) is 0.133. The number of carbonyl (C=O) groups excluding carboxylic acids is 1. The van der Waals surface area contributed by atoms with Gasteiger partial charge in [-0.2, -0.15) is 0 Å². The van der Waals surface area contributed by atoms with Crippen molar-refractivity contribution in [3.8, 4) is 0 Å². The fourth-order valence-corrected chi connectivity index (χ4v) is 2.56. The predicted molar refractivity (Wildman–Crippen MR) is 86.3 cm³/mol. The zero-order valence-electron chi connectivity index (χ0n) is 10.8. The molecule has 0 fully saturated rings. The summed E-state index contributed by atoms with van der Waals surface area (Å²) < 4.78 is 0. The standard InChI is InChI=1S/C15H15ClN2OS/c16-11-1-7-14(8-2-11)20-10-9-15(19)18-13-5-3-12(17)4-6-13/h1-8H,9-10,17H2,(H,18,19). The molecule has 20 heavy (non-hydrogen) atoms. The highest BCUT2D eigenvalue weighted by atomic mass is 35.5. The van der Waals surface area contributed by atoms with Crippen molar-refractivity contribution in [1.29, 1.82) is 0 Å². The molecule has 0 unspecified atom stereocenters. The Labute approximate surface area is 127 Å². The van der Waals surface area contributed by atoms with Crippen molar-refractivity contribution < 1.29 is 4.79 Å². The number of hydrogen-bond donors (Lipinski definition) is 2. The Morgan fingerprint density at radius 3 is 2.40 bits per heavy atom. The zero-order valence-corrected chi connectivity index (χ0v) is 12.4. The van der Waals surface area contributed by atoms with Crippen molar-refractivity contribution in [2.45, 2.75) is 11.3 Å². The van der Waals surface area contributed by atoms with E-state index < -0.39 is 0 Å². The molecular formula is C15H15ClN2OS. The maximum absolute atomic E-state index is 11.8. The first-order valence-electron chi connectivity index (χ1n) is 6.17. The van der Waals surface area contributed by atoms with Gasteiger partial charge in [-0.15, -0.1) is 11.8 Å². The molecule has 1 amide bonds. The SMILES string of the molecule is Nc1ccc(NC(=O)CCSc2ccc(Cl)cc2)cc1. The van der Waals surface area contributed by atoms with Gasteiger partial charge in [-0.3, -0.25) is 4.79 Å². The number of hydrogen-bond acceptors (Lipinski definition) is 3. The summed E-state index contributed by atoms with van der Waals surface area (Å²) in [6.07, 6.45) is 0.456. The van der Waals surface area contributed by atoms with E-state index in [4.69, 9.17) is 17.3 Å². The monoisotopic (exact) mass is 306 g/mol. The van der Waals surface area contributed by atoms with E-state index in [0.717, 1.165) is 21.4 Å². The minimum absolute atomic E-state index is 0.00349. The smallest absolute Gasteiger partial charge is 0.225 e. The number of rotatable bonds is 5. The van der Waals surface area contributed by atoms with Crippen LogP contribution in [0.2, 0.25) is 5.02 Å². The normalized spacial score (nSPS) is 10.2. The second-order valence-electron chi connectivity index (χ2n) is 4.22. The summed E-state index contributed by atoms with van der Waals surface area (Å²) in [5.74, 6) is 0.721. The second-order valence-corrected chi connectivity index (χ2v) is 5.83. The number of amides is 1. The number of benzene rings is 2. The van der Waals surface area contributed by atoms with Gasteiger partial charge in [0.15, 0.2) is 0 Å². The van der Waals surface area contributed by atoms with Crippen LogP contribution < -0.4 is 11.1 Å². The van der Waals surface area contributed by atoms with Gasteiger partial charge in [-0.05, 0) is 48.5 Å². The summed E-state index contributed by atoms with van der Waals surface area (Å²) in [7, 11) is 0. The number of nitrogen functional groups attached to an aromatic ring is 1. The third-order valence-corrected chi connectivity index (χ3v) is 3.87. The predicted octanol–water partition coefficient (Wildman–Crippen LogP) is 4.04. The van der Waals surface area contributed by atoms with Crippen LogP contribution in [0.1, 0.15) is 6.42 Å². The highest BCUT2D eigenvalue weighted by molar-refractivity contribution is 7.99. The Bertz CT molecular complexity index is 569. The van der Waals surface area contributed by atoms with Crippen LogP contribution in [0.5, 0.6) is 0 Å². The van der Waals surface area contributed by atoms with E-state index in [0.29, 0.717) is 12.1 Å². The Morgan fingerprint density at radius 2 is 1.75 bits per heavy atom. The lowest BCUT2D eigenvalue weighted by Gasteiger charge is -2.05. The summed E-state index contributed by atoms with van der Waals surface area (Å²) >= 11 is 7.45. The van der Waals surface area contributed by atoms with Crippen molar-refractivity contribution in [1.82, 2.24) is 0 Å². The van der Waals surface area contributed by atoms with Gasteiger partial charge in [0.05, 0.1) is 0 Å². The molecule has 2 rings (SSSR count). The molecule has 0 saturated carbocycles. The first-order chi connectivity index (χ1) is 9.63. The molecule has 0 aliphatic rings. The van der Waals surface area contributed by atoms with Gasteiger partial charge in [0.1, 0.15) is 0 Å². The molecule has 0 aliphatic carbocycles. The van der Waals surface area contributed by atoms with Crippen LogP contribution in [0.3, 0.4) is 0 Å². The number of nitrogens with two attached hydrogens (primary N) is 1.